The second-order valence-electron chi connectivity index (χ2n) is 7.59. The molecule has 0 saturated heterocycles. The summed E-state index contributed by atoms with van der Waals surface area (Å²) < 4.78 is 40.3. The molecule has 5 nitrogen and oxygen atoms in total. The number of alkyl halides is 3. The van der Waals surface area contributed by atoms with E-state index in [0.29, 0.717) is 28.8 Å². The van der Waals surface area contributed by atoms with Gasteiger partial charge in [0.05, 0.1) is 18.4 Å². The van der Waals surface area contributed by atoms with Crippen LogP contribution < -0.4 is 0 Å². The molecule has 1 amide bonds. The first-order valence-corrected chi connectivity index (χ1v) is 10.3. The number of aliphatic carboxylic acids is 1. The quantitative estimate of drug-likeness (QED) is 0.519. The number of carbonyl (C=O) groups excluding carboxylic acids is 1. The van der Waals surface area contributed by atoms with Gasteiger partial charge in [-0.15, -0.1) is 0 Å². The van der Waals surface area contributed by atoms with E-state index in [1.807, 2.05) is 30.3 Å². The van der Waals surface area contributed by atoms with Crippen LogP contribution in [-0.2, 0) is 35.2 Å². The van der Waals surface area contributed by atoms with Gasteiger partial charge in [-0.1, -0.05) is 36.4 Å². The fraction of sp³-hybridized carbons (Fsp3) is 0.240. The van der Waals surface area contributed by atoms with Crippen LogP contribution in [0.3, 0.4) is 0 Å². The van der Waals surface area contributed by atoms with Crippen molar-refractivity contribution < 1.29 is 27.9 Å². The molecule has 0 atom stereocenters. The number of rotatable bonds is 8. The van der Waals surface area contributed by atoms with Gasteiger partial charge in [-0.3, -0.25) is 14.6 Å². The second kappa shape index (κ2) is 10.3. The highest BCUT2D eigenvalue weighted by atomic mass is 19.4. The fourth-order valence-corrected chi connectivity index (χ4v) is 3.55. The van der Waals surface area contributed by atoms with Gasteiger partial charge >= 0.3 is 12.1 Å². The number of hydrogen-bond donors (Lipinski definition) is 1. The van der Waals surface area contributed by atoms with Crippen LogP contribution in [0.25, 0.3) is 11.1 Å². The summed E-state index contributed by atoms with van der Waals surface area (Å²) >= 11 is 0. The summed E-state index contributed by atoms with van der Waals surface area (Å²) in [6.07, 6.45) is -1.78. The Hall–Kier alpha value is -3.68. The lowest BCUT2D eigenvalue weighted by molar-refractivity contribution is -0.138. The Morgan fingerprint density at radius 2 is 1.70 bits per heavy atom. The molecule has 1 heterocycles. The van der Waals surface area contributed by atoms with Crippen molar-refractivity contribution in [3.8, 4) is 11.1 Å². The van der Waals surface area contributed by atoms with Crippen molar-refractivity contribution in [2.45, 2.75) is 32.5 Å². The number of benzene rings is 2. The Labute approximate surface area is 189 Å². The topological polar surface area (TPSA) is 70.5 Å². The van der Waals surface area contributed by atoms with Gasteiger partial charge in [-0.25, -0.2) is 0 Å². The lowest BCUT2D eigenvalue weighted by atomic mass is 9.96. The van der Waals surface area contributed by atoms with Gasteiger partial charge in [0.15, 0.2) is 0 Å². The number of likely N-dealkylation sites (N-methyl/N-ethyl adjacent to an activating group) is 1. The number of pyridine rings is 1. The van der Waals surface area contributed by atoms with Crippen molar-refractivity contribution in [2.75, 3.05) is 6.54 Å². The first-order chi connectivity index (χ1) is 15.7. The number of amides is 1. The van der Waals surface area contributed by atoms with Gasteiger partial charge in [-0.05, 0) is 47.4 Å². The minimum Gasteiger partial charge on any atom is -0.481 e. The maximum absolute atomic E-state index is 13.4. The van der Waals surface area contributed by atoms with Crippen LogP contribution in [-0.4, -0.2) is 33.4 Å². The van der Waals surface area contributed by atoms with Gasteiger partial charge < -0.3 is 10.0 Å². The third kappa shape index (κ3) is 6.41. The lowest BCUT2D eigenvalue weighted by Crippen LogP contribution is -2.32. The summed E-state index contributed by atoms with van der Waals surface area (Å²) in [5, 5.41) is 9.05. The van der Waals surface area contributed by atoms with Crippen molar-refractivity contribution >= 4 is 11.9 Å². The van der Waals surface area contributed by atoms with E-state index in [2.05, 4.69) is 4.98 Å². The predicted molar refractivity (Wildman–Crippen MR) is 117 cm³/mol. The molecule has 0 unspecified atom stereocenters. The Morgan fingerprint density at radius 1 is 0.970 bits per heavy atom. The van der Waals surface area contributed by atoms with Gasteiger partial charge in [0.2, 0.25) is 5.91 Å². The zero-order chi connectivity index (χ0) is 24.0. The molecule has 0 fully saturated rings. The van der Waals surface area contributed by atoms with Crippen LogP contribution in [0.5, 0.6) is 0 Å². The second-order valence-corrected chi connectivity index (χ2v) is 7.59. The van der Waals surface area contributed by atoms with Crippen molar-refractivity contribution in [1.82, 2.24) is 9.88 Å². The largest absolute Gasteiger partial charge is 0.481 e. The molecule has 1 N–H and O–H groups in total. The molecule has 0 aliphatic rings. The molecule has 0 saturated carbocycles. The van der Waals surface area contributed by atoms with E-state index in [0.717, 1.165) is 17.7 Å². The van der Waals surface area contributed by atoms with Crippen LogP contribution >= 0.6 is 0 Å². The SMILES string of the molecule is CCN(Cc1cc(C(F)(F)F)ccc1-c1cncc(CC(=O)O)c1)C(=O)Cc1ccccc1. The van der Waals surface area contributed by atoms with Gasteiger partial charge in [0, 0.05) is 31.0 Å². The van der Waals surface area contributed by atoms with Crippen LogP contribution in [0.1, 0.15) is 29.2 Å². The number of nitrogens with zero attached hydrogens (tertiary/aromatic N) is 2. The molecule has 0 aliphatic heterocycles. The van der Waals surface area contributed by atoms with Crippen LogP contribution in [0.15, 0.2) is 67.0 Å². The summed E-state index contributed by atoms with van der Waals surface area (Å²) in [5.41, 5.74) is 1.69. The standard InChI is InChI=1S/C25H23F3N2O3/c1-2-30(23(31)11-17-6-4-3-5-7-17)16-20-13-21(25(26,27)28)8-9-22(20)19-10-18(12-24(32)33)14-29-15-19/h3-10,13-15H,2,11-12,16H2,1H3,(H,32,33). The molecular weight excluding hydrogens is 433 g/mol. The molecule has 0 spiro atoms. The molecule has 0 bridgehead atoms. The smallest absolute Gasteiger partial charge is 0.416 e. The molecule has 3 aromatic rings. The van der Waals surface area contributed by atoms with E-state index in [9.17, 15) is 22.8 Å². The predicted octanol–water partition coefficient (Wildman–Crippen LogP) is 4.99. The molecule has 33 heavy (non-hydrogen) atoms. The highest BCUT2D eigenvalue weighted by molar-refractivity contribution is 5.79. The molecule has 0 aliphatic carbocycles. The third-order valence-electron chi connectivity index (χ3n) is 5.19. The summed E-state index contributed by atoms with van der Waals surface area (Å²) in [4.78, 5) is 29.5. The summed E-state index contributed by atoms with van der Waals surface area (Å²) in [6, 6.07) is 14.1. The Balaban J connectivity index is 1.97. The summed E-state index contributed by atoms with van der Waals surface area (Å²) in [7, 11) is 0. The molecular formula is C25H23F3N2O3. The average Bonchev–Trinajstić information content (AvgIpc) is 2.77. The third-order valence-corrected chi connectivity index (χ3v) is 5.19. The molecule has 8 heteroatoms. The van der Waals surface area contributed by atoms with E-state index in [1.54, 1.807) is 13.0 Å². The number of hydrogen-bond acceptors (Lipinski definition) is 3. The van der Waals surface area contributed by atoms with E-state index < -0.39 is 17.7 Å². The van der Waals surface area contributed by atoms with E-state index in [-0.39, 0.29) is 25.3 Å². The zero-order valence-corrected chi connectivity index (χ0v) is 18.0. The first-order valence-electron chi connectivity index (χ1n) is 10.3. The van der Waals surface area contributed by atoms with E-state index in [1.165, 1.54) is 23.4 Å². The molecule has 1 aromatic heterocycles. The van der Waals surface area contributed by atoms with Gasteiger partial charge in [0.1, 0.15) is 0 Å². The molecule has 172 valence electrons. The van der Waals surface area contributed by atoms with Crippen molar-refractivity contribution in [2.24, 2.45) is 0 Å². The maximum atomic E-state index is 13.4. The summed E-state index contributed by atoms with van der Waals surface area (Å²) in [5.74, 6) is -1.24. The average molecular weight is 456 g/mol. The van der Waals surface area contributed by atoms with Gasteiger partial charge in [0.25, 0.3) is 0 Å². The molecule has 2 aromatic carbocycles. The van der Waals surface area contributed by atoms with Crippen molar-refractivity contribution in [3.05, 3.63) is 89.2 Å². The lowest BCUT2D eigenvalue weighted by Gasteiger charge is -2.24. The highest BCUT2D eigenvalue weighted by Gasteiger charge is 2.31. The van der Waals surface area contributed by atoms with Crippen LogP contribution in [0, 0.1) is 0 Å². The van der Waals surface area contributed by atoms with E-state index in [4.69, 9.17) is 5.11 Å². The minimum absolute atomic E-state index is 0.0232. The van der Waals surface area contributed by atoms with Crippen molar-refractivity contribution in [3.63, 3.8) is 0 Å². The van der Waals surface area contributed by atoms with Gasteiger partial charge in [-0.2, -0.15) is 13.2 Å². The fourth-order valence-electron chi connectivity index (χ4n) is 3.55. The summed E-state index contributed by atoms with van der Waals surface area (Å²) in [6.45, 7) is 2.06. The van der Waals surface area contributed by atoms with Crippen LogP contribution in [0.4, 0.5) is 13.2 Å². The Kier molecular flexibility index (Phi) is 7.48. The maximum Gasteiger partial charge on any atom is 0.416 e. The first kappa shape index (κ1) is 24.0. The zero-order valence-electron chi connectivity index (χ0n) is 18.0. The number of aromatic nitrogens is 1. The molecule has 0 radical (unpaired) electrons. The van der Waals surface area contributed by atoms with Crippen LogP contribution in [0.2, 0.25) is 0 Å². The Morgan fingerprint density at radius 3 is 2.33 bits per heavy atom. The Bertz CT molecular complexity index is 1130. The molecule has 3 rings (SSSR count). The number of carbonyl (C=O) groups is 2. The number of carboxylic acid groups (broad SMARTS) is 1. The normalized spacial score (nSPS) is 11.3. The monoisotopic (exact) mass is 456 g/mol. The highest BCUT2D eigenvalue weighted by Crippen LogP contribution is 2.34. The number of halogens is 3. The number of carboxylic acids is 1. The van der Waals surface area contributed by atoms with Crippen molar-refractivity contribution in [1.29, 1.82) is 0 Å². The van der Waals surface area contributed by atoms with E-state index >= 15 is 0 Å². The minimum atomic E-state index is -4.54.